The fourth-order valence-corrected chi connectivity index (χ4v) is 5.57. The highest BCUT2D eigenvalue weighted by Crippen LogP contribution is 2.25. The molecule has 0 saturated carbocycles. The van der Waals surface area contributed by atoms with Crippen LogP contribution in [0, 0.1) is 6.92 Å². The number of aliphatic hydroxyl groups is 1. The Labute approximate surface area is 266 Å². The molecule has 46 heavy (non-hydrogen) atoms. The lowest BCUT2D eigenvalue weighted by Crippen LogP contribution is -2.49. The van der Waals surface area contributed by atoms with Crippen LogP contribution in [0.2, 0.25) is 0 Å². The fraction of sp³-hybridized carbons (Fsp3) is 0.382. The second kappa shape index (κ2) is 13.7. The van der Waals surface area contributed by atoms with Gasteiger partial charge < -0.3 is 19.5 Å². The van der Waals surface area contributed by atoms with E-state index in [0.29, 0.717) is 61.5 Å². The lowest BCUT2D eigenvalue weighted by molar-refractivity contribution is -0.0299. The van der Waals surface area contributed by atoms with Crippen molar-refractivity contribution >= 4 is 16.9 Å². The molecule has 0 atom stereocenters. The van der Waals surface area contributed by atoms with E-state index in [-0.39, 0.29) is 18.0 Å². The molecule has 0 bridgehead atoms. The standard InChI is InChI=1S/C34H39N7O5/c1-3-4-17-45-18-19-46-29-20-36-40(22-29)27-9-11-28(12-10-27)41-31-30(21-37-41)33(43)39(24-35-31)23-34(44)13-15-38(16-14-34)32(42)26-7-5-25(2)6-8-26/h5-12,20-22,24,44H,3-4,13-19,23H2,1-2H3. The molecule has 0 aliphatic carbocycles. The summed E-state index contributed by atoms with van der Waals surface area (Å²) in [5.74, 6) is 0.609. The Balaban J connectivity index is 1.08. The quantitative estimate of drug-likeness (QED) is 0.207. The highest BCUT2D eigenvalue weighted by molar-refractivity contribution is 5.94. The van der Waals surface area contributed by atoms with Crippen molar-refractivity contribution < 1.29 is 19.4 Å². The van der Waals surface area contributed by atoms with Gasteiger partial charge in [-0.1, -0.05) is 31.0 Å². The third-order valence-corrected chi connectivity index (χ3v) is 8.36. The molecule has 0 unspecified atom stereocenters. The van der Waals surface area contributed by atoms with Crippen molar-refractivity contribution in [2.45, 2.75) is 51.7 Å². The number of nitrogens with zero attached hydrogens (tertiary/aromatic N) is 7. The second-order valence-corrected chi connectivity index (χ2v) is 11.8. The van der Waals surface area contributed by atoms with Gasteiger partial charge in [0.25, 0.3) is 11.5 Å². The average Bonchev–Trinajstić information content (AvgIpc) is 3.73. The Morgan fingerprint density at radius 3 is 2.43 bits per heavy atom. The number of hydrogen-bond acceptors (Lipinski definition) is 8. The number of ether oxygens (including phenoxy) is 2. The van der Waals surface area contributed by atoms with Gasteiger partial charge in [-0.25, -0.2) is 14.3 Å². The molecule has 12 nitrogen and oxygen atoms in total. The van der Waals surface area contributed by atoms with E-state index in [1.165, 1.54) is 17.1 Å². The number of piperidine rings is 1. The Morgan fingerprint density at radius 1 is 0.957 bits per heavy atom. The molecule has 3 aromatic heterocycles. The number of carbonyl (C=O) groups excluding carboxylic acids is 1. The molecule has 5 aromatic rings. The summed E-state index contributed by atoms with van der Waals surface area (Å²) in [6.45, 7) is 6.74. The maximum atomic E-state index is 13.4. The Bertz CT molecular complexity index is 1830. The van der Waals surface area contributed by atoms with E-state index in [9.17, 15) is 14.7 Å². The Morgan fingerprint density at radius 2 is 1.70 bits per heavy atom. The van der Waals surface area contributed by atoms with Crippen LogP contribution in [0.25, 0.3) is 22.4 Å². The van der Waals surface area contributed by atoms with Gasteiger partial charge in [-0.2, -0.15) is 10.2 Å². The van der Waals surface area contributed by atoms with Gasteiger partial charge in [-0.3, -0.25) is 14.2 Å². The maximum absolute atomic E-state index is 13.4. The van der Waals surface area contributed by atoms with Crippen molar-refractivity contribution in [3.63, 3.8) is 0 Å². The Hall–Kier alpha value is -4.81. The summed E-state index contributed by atoms with van der Waals surface area (Å²) >= 11 is 0. The monoisotopic (exact) mass is 625 g/mol. The van der Waals surface area contributed by atoms with Gasteiger partial charge in [-0.05, 0) is 62.6 Å². The van der Waals surface area contributed by atoms with Crippen LogP contribution < -0.4 is 10.3 Å². The van der Waals surface area contributed by atoms with E-state index in [4.69, 9.17) is 9.47 Å². The minimum absolute atomic E-state index is 0.0508. The summed E-state index contributed by atoms with van der Waals surface area (Å²) in [6.07, 6.45) is 9.31. The van der Waals surface area contributed by atoms with Crippen LogP contribution in [0.5, 0.6) is 5.75 Å². The van der Waals surface area contributed by atoms with Gasteiger partial charge >= 0.3 is 0 Å². The molecule has 0 spiro atoms. The molecule has 240 valence electrons. The normalized spacial score (nSPS) is 14.5. The van der Waals surface area contributed by atoms with E-state index in [1.54, 1.807) is 20.5 Å². The van der Waals surface area contributed by atoms with Crippen molar-refractivity contribution in [3.8, 4) is 17.1 Å². The third-order valence-electron chi connectivity index (χ3n) is 8.36. The number of unbranched alkanes of at least 4 members (excludes halogenated alkanes) is 1. The van der Waals surface area contributed by atoms with Crippen LogP contribution >= 0.6 is 0 Å². The molecular weight excluding hydrogens is 586 g/mol. The van der Waals surface area contributed by atoms with Crippen molar-refractivity contribution in [2.75, 3.05) is 32.9 Å². The number of amides is 1. The smallest absolute Gasteiger partial charge is 0.264 e. The first kappa shape index (κ1) is 31.2. The van der Waals surface area contributed by atoms with E-state index >= 15 is 0 Å². The number of aryl methyl sites for hydroxylation is 1. The van der Waals surface area contributed by atoms with Gasteiger partial charge in [0.2, 0.25) is 0 Å². The molecule has 2 aromatic carbocycles. The predicted octanol–water partition coefficient (Wildman–Crippen LogP) is 3.94. The molecule has 1 aliphatic heterocycles. The zero-order chi connectivity index (χ0) is 32.1. The zero-order valence-electron chi connectivity index (χ0n) is 26.2. The van der Waals surface area contributed by atoms with Crippen LogP contribution in [-0.4, -0.2) is 83.5 Å². The lowest BCUT2D eigenvalue weighted by Gasteiger charge is -2.38. The predicted molar refractivity (Wildman–Crippen MR) is 173 cm³/mol. The first-order valence-corrected chi connectivity index (χ1v) is 15.7. The summed E-state index contributed by atoms with van der Waals surface area (Å²) in [4.78, 5) is 32.6. The molecule has 6 rings (SSSR count). The number of likely N-dealkylation sites (tertiary alicyclic amines) is 1. The number of carbonyl (C=O) groups is 1. The zero-order valence-corrected chi connectivity index (χ0v) is 26.2. The van der Waals surface area contributed by atoms with Crippen molar-refractivity contribution in [1.82, 2.24) is 34.0 Å². The summed E-state index contributed by atoms with van der Waals surface area (Å²) in [7, 11) is 0. The highest BCUT2D eigenvalue weighted by atomic mass is 16.5. The van der Waals surface area contributed by atoms with Crippen molar-refractivity contribution in [2.24, 2.45) is 0 Å². The molecule has 4 heterocycles. The van der Waals surface area contributed by atoms with E-state index in [2.05, 4.69) is 22.1 Å². The molecule has 0 radical (unpaired) electrons. The van der Waals surface area contributed by atoms with Gasteiger partial charge in [0, 0.05) is 25.3 Å². The molecule has 1 aliphatic rings. The molecule has 1 N–H and O–H groups in total. The number of hydrogen-bond donors (Lipinski definition) is 1. The van der Waals surface area contributed by atoms with E-state index in [0.717, 1.165) is 36.4 Å². The minimum Gasteiger partial charge on any atom is -0.488 e. The summed E-state index contributed by atoms with van der Waals surface area (Å²) < 4.78 is 16.0. The van der Waals surface area contributed by atoms with Crippen LogP contribution in [-0.2, 0) is 11.3 Å². The Kier molecular flexibility index (Phi) is 9.27. The summed E-state index contributed by atoms with van der Waals surface area (Å²) in [5, 5.41) is 20.5. The minimum atomic E-state index is -1.13. The molecule has 1 saturated heterocycles. The second-order valence-electron chi connectivity index (χ2n) is 11.8. The fourth-order valence-electron chi connectivity index (χ4n) is 5.57. The van der Waals surface area contributed by atoms with E-state index < -0.39 is 5.60 Å². The first-order valence-electron chi connectivity index (χ1n) is 15.7. The number of rotatable bonds is 12. The van der Waals surface area contributed by atoms with Crippen LogP contribution in [0.1, 0.15) is 48.5 Å². The molecule has 1 fully saturated rings. The van der Waals surface area contributed by atoms with Gasteiger partial charge in [-0.15, -0.1) is 0 Å². The largest absolute Gasteiger partial charge is 0.488 e. The summed E-state index contributed by atoms with van der Waals surface area (Å²) in [5.41, 5.74) is 2.32. The number of aromatic nitrogens is 6. The SMILES string of the molecule is CCCCOCCOc1cnn(-c2ccc(-n3ncc4c(=O)n(CC5(O)CCN(C(=O)c6ccc(C)cc6)CC5)cnc43)cc2)c1. The topological polar surface area (TPSA) is 130 Å². The molecular formula is C34H39N7O5. The van der Waals surface area contributed by atoms with Crippen LogP contribution in [0.15, 0.2) is 78.2 Å². The van der Waals surface area contributed by atoms with Crippen LogP contribution in [0.4, 0.5) is 0 Å². The van der Waals surface area contributed by atoms with Gasteiger partial charge in [0.05, 0.1) is 48.7 Å². The van der Waals surface area contributed by atoms with Crippen LogP contribution in [0.3, 0.4) is 0 Å². The highest BCUT2D eigenvalue weighted by Gasteiger charge is 2.35. The first-order chi connectivity index (χ1) is 22.3. The summed E-state index contributed by atoms with van der Waals surface area (Å²) in [6, 6.07) is 15.1. The molecule has 1 amide bonds. The number of benzene rings is 2. The average molecular weight is 626 g/mol. The lowest BCUT2D eigenvalue weighted by atomic mass is 9.91. The van der Waals surface area contributed by atoms with Crippen molar-refractivity contribution in [1.29, 1.82) is 0 Å². The third kappa shape index (κ3) is 6.87. The van der Waals surface area contributed by atoms with E-state index in [1.807, 2.05) is 61.7 Å². The maximum Gasteiger partial charge on any atom is 0.264 e. The molecule has 12 heteroatoms. The number of fused-ring (bicyclic) bond motifs is 1. The van der Waals surface area contributed by atoms with Gasteiger partial charge in [0.15, 0.2) is 11.4 Å². The van der Waals surface area contributed by atoms with Crippen molar-refractivity contribution in [3.05, 3.63) is 94.9 Å². The van der Waals surface area contributed by atoms with Gasteiger partial charge in [0.1, 0.15) is 18.3 Å².